The molecule has 352 valence electrons. The standard InChI is InChI=1S/C52H54FN7O8/c1-67-51(65)56-45(35-11-5-3-6-12-35)49(63)58-31-9-15-43(58)47(61)54-38-23-17-33(18-24-38)41-29-30-42(60(41)40-27-21-37(53)22-28-40)34-19-25-39(26-20-34)55-48(62)44-16-10-32-59(44)50(64)46(57-52(66)68-2)36-13-7-4-8-14-36/h3-8,11-14,17-28,41-46H,9-10,15-16,29-32H2,1-2H3,(H,54,61)(H,55,62)(H,56,65)(H,57,66)/t41-,42-,43+,44+,45-,46-/m1/s1. The fourth-order valence-corrected chi connectivity index (χ4v) is 9.62. The van der Waals surface area contributed by atoms with E-state index in [-0.39, 0.29) is 29.7 Å². The van der Waals surface area contributed by atoms with Crippen molar-refractivity contribution in [2.75, 3.05) is 42.8 Å². The van der Waals surface area contributed by atoms with E-state index in [0.717, 1.165) is 29.7 Å². The second kappa shape index (κ2) is 21.3. The number of rotatable bonds is 13. The number of carbonyl (C=O) groups excluding carboxylic acids is 6. The van der Waals surface area contributed by atoms with Gasteiger partial charge >= 0.3 is 12.2 Å². The number of nitrogens with one attached hydrogen (secondary N) is 4. The Bertz CT molecular complexity index is 2430. The van der Waals surface area contributed by atoms with Crippen molar-refractivity contribution >= 4 is 52.9 Å². The Kier molecular flexibility index (Phi) is 14.6. The van der Waals surface area contributed by atoms with Gasteiger partial charge in [-0.25, -0.2) is 14.0 Å². The predicted molar refractivity (Wildman–Crippen MR) is 253 cm³/mol. The van der Waals surface area contributed by atoms with Gasteiger partial charge in [0.25, 0.3) is 11.8 Å². The zero-order chi connectivity index (χ0) is 47.7. The van der Waals surface area contributed by atoms with Crippen LogP contribution < -0.4 is 26.2 Å². The third kappa shape index (κ3) is 10.4. The molecular weight excluding hydrogens is 870 g/mol. The molecule has 4 N–H and O–H groups in total. The second-order valence-electron chi connectivity index (χ2n) is 17.1. The van der Waals surface area contributed by atoms with Crippen molar-refractivity contribution < 1.29 is 42.6 Å². The Morgan fingerprint density at radius 3 is 1.31 bits per heavy atom. The summed E-state index contributed by atoms with van der Waals surface area (Å²) in [4.78, 5) is 85.1. The van der Waals surface area contributed by atoms with Crippen LogP contribution in [0.2, 0.25) is 0 Å². The van der Waals surface area contributed by atoms with Crippen LogP contribution in [0.15, 0.2) is 133 Å². The average Bonchev–Trinajstić information content (AvgIpc) is 4.17. The van der Waals surface area contributed by atoms with Gasteiger partial charge < -0.3 is 45.4 Å². The zero-order valence-electron chi connectivity index (χ0n) is 37.8. The van der Waals surface area contributed by atoms with Gasteiger partial charge in [-0.15, -0.1) is 0 Å². The number of carbonyl (C=O) groups is 6. The van der Waals surface area contributed by atoms with Crippen molar-refractivity contribution in [1.82, 2.24) is 20.4 Å². The van der Waals surface area contributed by atoms with Crippen LogP contribution >= 0.6 is 0 Å². The maximum Gasteiger partial charge on any atom is 0.407 e. The van der Waals surface area contributed by atoms with Crippen molar-refractivity contribution in [3.63, 3.8) is 0 Å². The molecule has 16 heteroatoms. The molecule has 68 heavy (non-hydrogen) atoms. The summed E-state index contributed by atoms with van der Waals surface area (Å²) in [5.41, 5.74) is 5.07. The van der Waals surface area contributed by atoms with Crippen LogP contribution in [0.1, 0.15) is 84.9 Å². The van der Waals surface area contributed by atoms with Crippen LogP contribution in [0.4, 0.5) is 31.0 Å². The van der Waals surface area contributed by atoms with E-state index in [2.05, 4.69) is 26.2 Å². The smallest absolute Gasteiger partial charge is 0.407 e. The highest BCUT2D eigenvalue weighted by atomic mass is 19.1. The number of hydrogen-bond donors (Lipinski definition) is 4. The second-order valence-corrected chi connectivity index (χ2v) is 17.1. The molecular formula is C52H54FN7O8. The molecule has 3 aliphatic heterocycles. The number of anilines is 3. The number of likely N-dealkylation sites (tertiary alicyclic amines) is 2. The molecule has 3 fully saturated rings. The highest BCUT2D eigenvalue weighted by Crippen LogP contribution is 2.47. The molecule has 0 spiro atoms. The molecule has 0 aromatic heterocycles. The van der Waals surface area contributed by atoms with E-state index in [1.54, 1.807) is 60.7 Å². The van der Waals surface area contributed by atoms with E-state index >= 15 is 0 Å². The third-order valence-electron chi connectivity index (χ3n) is 13.0. The van der Waals surface area contributed by atoms with Gasteiger partial charge in [0.2, 0.25) is 11.8 Å². The first kappa shape index (κ1) is 46.8. The van der Waals surface area contributed by atoms with Gasteiger partial charge in [0.15, 0.2) is 0 Å². The number of amides is 6. The summed E-state index contributed by atoms with van der Waals surface area (Å²) in [5.74, 6) is -1.82. The summed E-state index contributed by atoms with van der Waals surface area (Å²) >= 11 is 0. The summed E-state index contributed by atoms with van der Waals surface area (Å²) in [6.07, 6.45) is 2.21. The molecule has 0 radical (unpaired) electrons. The van der Waals surface area contributed by atoms with Crippen LogP contribution in [-0.4, -0.2) is 85.0 Å². The molecule has 3 heterocycles. The SMILES string of the molecule is COC(=O)N[C@@H](C(=O)N1CCC[C@H]1C(=O)Nc1ccc([C@H]2CC[C@H](c3ccc(NC(=O)[C@@H]4CCCN4C(=O)[C@H](NC(=O)OC)c4ccccc4)cc3)N2c2ccc(F)cc2)cc1)c1ccccc1. The molecule has 8 rings (SSSR count). The van der Waals surface area contributed by atoms with Gasteiger partial charge in [-0.05, 0) is 109 Å². The van der Waals surface area contributed by atoms with Gasteiger partial charge in [-0.1, -0.05) is 84.9 Å². The topological polar surface area (TPSA) is 179 Å². The largest absolute Gasteiger partial charge is 0.453 e. The number of alkyl carbamates (subject to hydrolysis) is 2. The van der Waals surface area contributed by atoms with Gasteiger partial charge in [0.05, 0.1) is 26.3 Å². The van der Waals surface area contributed by atoms with E-state index in [9.17, 15) is 33.2 Å². The number of hydrogen-bond acceptors (Lipinski definition) is 9. The minimum absolute atomic E-state index is 0.103. The Balaban J connectivity index is 0.940. The lowest BCUT2D eigenvalue weighted by atomic mass is 10.0. The molecule has 0 aliphatic carbocycles. The molecule has 6 amide bonds. The lowest BCUT2D eigenvalue weighted by Gasteiger charge is -2.33. The molecule has 5 aromatic carbocycles. The summed E-state index contributed by atoms with van der Waals surface area (Å²) in [5, 5.41) is 11.2. The van der Waals surface area contributed by atoms with Gasteiger partial charge in [-0.2, -0.15) is 0 Å². The molecule has 0 bridgehead atoms. The van der Waals surface area contributed by atoms with Crippen molar-refractivity contribution in [3.8, 4) is 0 Å². The molecule has 6 atom stereocenters. The lowest BCUT2D eigenvalue weighted by molar-refractivity contribution is -0.138. The van der Waals surface area contributed by atoms with Gasteiger partial charge in [0.1, 0.15) is 30.0 Å². The van der Waals surface area contributed by atoms with E-state index < -0.39 is 48.2 Å². The molecule has 3 saturated heterocycles. The van der Waals surface area contributed by atoms with Crippen molar-refractivity contribution in [3.05, 3.63) is 162 Å². The summed E-state index contributed by atoms with van der Waals surface area (Å²) < 4.78 is 23.8. The number of ether oxygens (including phenoxy) is 2. The summed E-state index contributed by atoms with van der Waals surface area (Å²) in [6.45, 7) is 0.718. The van der Waals surface area contributed by atoms with Crippen LogP contribution in [0.3, 0.4) is 0 Å². The Hall–Kier alpha value is -7.75. The fraction of sp³-hybridized carbons (Fsp3) is 0.308. The van der Waals surface area contributed by atoms with Crippen LogP contribution in [-0.2, 0) is 28.7 Å². The predicted octanol–water partition coefficient (Wildman–Crippen LogP) is 7.96. The Morgan fingerprint density at radius 2 is 0.926 bits per heavy atom. The van der Waals surface area contributed by atoms with Crippen LogP contribution in [0, 0.1) is 5.82 Å². The number of benzene rings is 5. The lowest BCUT2D eigenvalue weighted by Crippen LogP contribution is -2.48. The highest BCUT2D eigenvalue weighted by molar-refractivity contribution is 6.00. The zero-order valence-corrected chi connectivity index (χ0v) is 37.8. The third-order valence-corrected chi connectivity index (χ3v) is 13.0. The molecule has 0 unspecified atom stereocenters. The van der Waals surface area contributed by atoms with E-state index in [1.807, 2.05) is 60.7 Å². The normalized spacial score (nSPS) is 19.7. The van der Waals surface area contributed by atoms with Gasteiger partial charge in [0, 0.05) is 30.2 Å². The first-order valence-corrected chi connectivity index (χ1v) is 22.8. The van der Waals surface area contributed by atoms with Gasteiger partial charge in [-0.3, -0.25) is 19.2 Å². The molecule has 0 saturated carbocycles. The summed E-state index contributed by atoms with van der Waals surface area (Å²) in [7, 11) is 2.45. The number of nitrogens with zero attached hydrogens (tertiary/aromatic N) is 3. The molecule has 15 nitrogen and oxygen atoms in total. The monoisotopic (exact) mass is 923 g/mol. The van der Waals surface area contributed by atoms with E-state index in [4.69, 9.17) is 9.47 Å². The van der Waals surface area contributed by atoms with Crippen LogP contribution in [0.25, 0.3) is 0 Å². The number of halogens is 1. The Labute approximate surface area is 394 Å². The Morgan fingerprint density at radius 1 is 0.529 bits per heavy atom. The first-order chi connectivity index (χ1) is 33.0. The van der Waals surface area contributed by atoms with Crippen LogP contribution in [0.5, 0.6) is 0 Å². The van der Waals surface area contributed by atoms with Crippen molar-refractivity contribution in [1.29, 1.82) is 0 Å². The average molecular weight is 924 g/mol. The van der Waals surface area contributed by atoms with Crippen molar-refractivity contribution in [2.45, 2.75) is 74.8 Å². The highest BCUT2D eigenvalue weighted by Gasteiger charge is 2.41. The molecule has 3 aliphatic rings. The minimum atomic E-state index is -1.03. The number of methoxy groups -OCH3 is 2. The van der Waals surface area contributed by atoms with E-state index in [0.29, 0.717) is 61.3 Å². The van der Waals surface area contributed by atoms with E-state index in [1.165, 1.54) is 36.2 Å². The quantitative estimate of drug-likeness (QED) is 0.0912. The minimum Gasteiger partial charge on any atom is -0.453 e. The first-order valence-electron chi connectivity index (χ1n) is 22.8. The maximum atomic E-state index is 14.3. The van der Waals surface area contributed by atoms with Crippen molar-refractivity contribution in [2.24, 2.45) is 0 Å². The maximum absolute atomic E-state index is 14.3. The molecule has 5 aromatic rings. The summed E-state index contributed by atoms with van der Waals surface area (Å²) in [6, 6.07) is 35.5. The fourth-order valence-electron chi connectivity index (χ4n) is 9.62.